The van der Waals surface area contributed by atoms with Gasteiger partial charge >= 0.3 is 0 Å². The second-order valence-corrected chi connectivity index (χ2v) is 4.99. The van der Waals surface area contributed by atoms with Crippen molar-refractivity contribution in [2.45, 2.75) is 24.0 Å². The van der Waals surface area contributed by atoms with Crippen molar-refractivity contribution in [3.05, 3.63) is 29.8 Å². The molecule has 0 bridgehead atoms. The predicted octanol–water partition coefficient (Wildman–Crippen LogP) is 1.24. The summed E-state index contributed by atoms with van der Waals surface area (Å²) in [6, 6.07) is 8.27. The average Bonchev–Trinajstić information content (AvgIpc) is 2.30. The molecule has 0 amide bonds. The second kappa shape index (κ2) is 6.25. The molecule has 0 spiro atoms. The number of benzene rings is 1. The van der Waals surface area contributed by atoms with E-state index in [1.54, 1.807) is 18.7 Å². The van der Waals surface area contributed by atoms with Crippen LogP contribution in [-0.4, -0.2) is 35.2 Å². The van der Waals surface area contributed by atoms with Crippen LogP contribution in [0.15, 0.2) is 29.2 Å². The highest BCUT2D eigenvalue weighted by Crippen LogP contribution is 2.14. The molecule has 1 unspecified atom stereocenters. The van der Waals surface area contributed by atoms with E-state index in [2.05, 4.69) is 29.6 Å². The maximum Gasteiger partial charge on any atom is 0.0972 e. The largest absolute Gasteiger partial charge is 0.393 e. The number of thioether (sulfide) groups is 1. The molecule has 0 saturated heterocycles. The number of hydrogen-bond acceptors (Lipinski definition) is 4. The Morgan fingerprint density at radius 1 is 1.31 bits per heavy atom. The van der Waals surface area contributed by atoms with Gasteiger partial charge in [-0.2, -0.15) is 0 Å². The van der Waals surface area contributed by atoms with Gasteiger partial charge in [0.15, 0.2) is 0 Å². The molecule has 3 nitrogen and oxygen atoms in total. The van der Waals surface area contributed by atoms with Gasteiger partial charge in [-0.15, -0.1) is 11.8 Å². The summed E-state index contributed by atoms with van der Waals surface area (Å²) in [6.07, 6.45) is 2.05. The molecule has 90 valence electrons. The molecule has 4 heteroatoms. The first-order valence-electron chi connectivity index (χ1n) is 5.24. The summed E-state index contributed by atoms with van der Waals surface area (Å²) in [5.41, 5.74) is 0.130. The van der Waals surface area contributed by atoms with Gasteiger partial charge in [0.1, 0.15) is 0 Å². The molecule has 0 aromatic heterocycles. The van der Waals surface area contributed by atoms with Gasteiger partial charge in [0.2, 0.25) is 0 Å². The monoisotopic (exact) mass is 241 g/mol. The molecule has 1 atom stereocenters. The van der Waals surface area contributed by atoms with Crippen molar-refractivity contribution < 1.29 is 10.2 Å². The maximum atomic E-state index is 9.57. The Morgan fingerprint density at radius 3 is 2.44 bits per heavy atom. The summed E-state index contributed by atoms with van der Waals surface area (Å²) in [5.74, 6) is 0. The molecule has 0 radical (unpaired) electrons. The fourth-order valence-corrected chi connectivity index (χ4v) is 1.68. The maximum absolute atomic E-state index is 9.57. The lowest BCUT2D eigenvalue weighted by atomic mass is 10.1. The lowest BCUT2D eigenvalue weighted by Gasteiger charge is -2.20. The third-order valence-electron chi connectivity index (χ3n) is 2.33. The molecule has 3 N–H and O–H groups in total. The molecule has 0 heterocycles. The zero-order valence-corrected chi connectivity index (χ0v) is 10.5. The minimum atomic E-state index is -1.04. The molecule has 0 aliphatic carbocycles. The Kier molecular flexibility index (Phi) is 5.28. The van der Waals surface area contributed by atoms with E-state index in [0.717, 1.165) is 0 Å². The summed E-state index contributed by atoms with van der Waals surface area (Å²) >= 11 is 1.72. The van der Waals surface area contributed by atoms with Gasteiger partial charge in [-0.3, -0.25) is 0 Å². The van der Waals surface area contributed by atoms with Gasteiger partial charge < -0.3 is 15.5 Å². The van der Waals surface area contributed by atoms with Crippen LogP contribution in [0.5, 0.6) is 0 Å². The molecular formula is C12H19NO2S. The van der Waals surface area contributed by atoms with Crippen molar-refractivity contribution in [1.82, 2.24) is 5.32 Å². The van der Waals surface area contributed by atoms with E-state index in [1.807, 2.05) is 6.26 Å². The Morgan fingerprint density at radius 2 is 1.94 bits per heavy atom. The molecular weight excluding hydrogens is 222 g/mol. The van der Waals surface area contributed by atoms with E-state index in [9.17, 15) is 5.11 Å². The topological polar surface area (TPSA) is 52.5 Å². The van der Waals surface area contributed by atoms with Crippen molar-refractivity contribution in [3.8, 4) is 0 Å². The van der Waals surface area contributed by atoms with Gasteiger partial charge in [-0.05, 0) is 30.9 Å². The van der Waals surface area contributed by atoms with Crippen molar-refractivity contribution in [2.24, 2.45) is 0 Å². The highest BCUT2D eigenvalue weighted by molar-refractivity contribution is 7.98. The summed E-state index contributed by atoms with van der Waals surface area (Å²) in [5, 5.41) is 21.5. The molecule has 16 heavy (non-hydrogen) atoms. The lowest BCUT2D eigenvalue weighted by molar-refractivity contribution is 0.00254. The average molecular weight is 241 g/mol. The molecule has 0 aliphatic rings. The van der Waals surface area contributed by atoms with Crippen molar-refractivity contribution >= 4 is 11.8 Å². The minimum absolute atomic E-state index is 0.231. The summed E-state index contributed by atoms with van der Waals surface area (Å²) in [6.45, 7) is 2.46. The van der Waals surface area contributed by atoms with E-state index in [0.29, 0.717) is 13.1 Å². The molecule has 0 aliphatic heterocycles. The third kappa shape index (κ3) is 4.53. The van der Waals surface area contributed by atoms with Gasteiger partial charge in [0.25, 0.3) is 0 Å². The van der Waals surface area contributed by atoms with Crippen LogP contribution in [-0.2, 0) is 6.54 Å². The van der Waals surface area contributed by atoms with E-state index in [1.165, 1.54) is 10.5 Å². The predicted molar refractivity (Wildman–Crippen MR) is 67.6 cm³/mol. The van der Waals surface area contributed by atoms with Gasteiger partial charge in [0, 0.05) is 18.0 Å². The standard InChI is InChI=1S/C12H19NO2S/c1-12(15,9-14)8-13-7-10-3-5-11(16-2)6-4-10/h3-6,13-15H,7-9H2,1-2H3. The third-order valence-corrected chi connectivity index (χ3v) is 3.08. The van der Waals surface area contributed by atoms with E-state index in [-0.39, 0.29) is 6.61 Å². The fraction of sp³-hybridized carbons (Fsp3) is 0.500. The van der Waals surface area contributed by atoms with Crippen molar-refractivity contribution in [2.75, 3.05) is 19.4 Å². The zero-order chi connectivity index (χ0) is 12.0. The number of rotatable bonds is 6. The van der Waals surface area contributed by atoms with Crippen LogP contribution in [0.4, 0.5) is 0 Å². The Bertz CT molecular complexity index is 311. The quantitative estimate of drug-likeness (QED) is 0.656. The zero-order valence-electron chi connectivity index (χ0n) is 9.73. The first kappa shape index (κ1) is 13.5. The summed E-state index contributed by atoms with van der Waals surface area (Å²) in [4.78, 5) is 1.24. The first-order valence-corrected chi connectivity index (χ1v) is 6.47. The molecule has 1 aromatic carbocycles. The van der Waals surface area contributed by atoms with Gasteiger partial charge in [-0.1, -0.05) is 12.1 Å². The molecule has 0 fully saturated rings. The Balaban J connectivity index is 2.37. The summed E-state index contributed by atoms with van der Waals surface area (Å²) < 4.78 is 0. The van der Waals surface area contributed by atoms with Crippen LogP contribution in [0.3, 0.4) is 0 Å². The molecule has 1 rings (SSSR count). The highest BCUT2D eigenvalue weighted by atomic mass is 32.2. The van der Waals surface area contributed by atoms with Crippen LogP contribution in [0.2, 0.25) is 0 Å². The summed E-state index contributed by atoms with van der Waals surface area (Å²) in [7, 11) is 0. The normalized spacial score (nSPS) is 14.8. The molecule has 0 saturated carbocycles. The smallest absolute Gasteiger partial charge is 0.0972 e. The molecule has 1 aromatic rings. The van der Waals surface area contributed by atoms with E-state index in [4.69, 9.17) is 5.11 Å². The number of aliphatic hydroxyl groups excluding tert-OH is 1. The number of nitrogens with one attached hydrogen (secondary N) is 1. The second-order valence-electron chi connectivity index (χ2n) is 4.11. The van der Waals surface area contributed by atoms with Crippen LogP contribution >= 0.6 is 11.8 Å². The minimum Gasteiger partial charge on any atom is -0.393 e. The van der Waals surface area contributed by atoms with Crippen LogP contribution in [0, 0.1) is 0 Å². The highest BCUT2D eigenvalue weighted by Gasteiger charge is 2.17. The fourth-order valence-electron chi connectivity index (χ4n) is 1.28. The number of aliphatic hydroxyl groups is 2. The lowest BCUT2D eigenvalue weighted by Crippen LogP contribution is -2.40. The van der Waals surface area contributed by atoms with Gasteiger partial charge in [-0.25, -0.2) is 0 Å². The van der Waals surface area contributed by atoms with Gasteiger partial charge in [0.05, 0.1) is 12.2 Å². The van der Waals surface area contributed by atoms with E-state index < -0.39 is 5.60 Å². The van der Waals surface area contributed by atoms with Crippen LogP contribution in [0.25, 0.3) is 0 Å². The SMILES string of the molecule is CSc1ccc(CNCC(C)(O)CO)cc1. The number of hydrogen-bond donors (Lipinski definition) is 3. The van der Waals surface area contributed by atoms with Crippen molar-refractivity contribution in [3.63, 3.8) is 0 Å². The van der Waals surface area contributed by atoms with Crippen LogP contribution in [0.1, 0.15) is 12.5 Å². The van der Waals surface area contributed by atoms with E-state index >= 15 is 0 Å². The first-order chi connectivity index (χ1) is 7.57. The van der Waals surface area contributed by atoms with Crippen LogP contribution < -0.4 is 5.32 Å². The van der Waals surface area contributed by atoms with Crippen molar-refractivity contribution in [1.29, 1.82) is 0 Å². The Labute approximate surface area is 101 Å². The Hall–Kier alpha value is -0.550.